The van der Waals surface area contributed by atoms with Crippen molar-refractivity contribution in [2.24, 2.45) is 5.92 Å². The molecule has 7 nitrogen and oxygen atoms in total. The maximum absolute atomic E-state index is 12.5. The molecule has 2 amide bonds. The van der Waals surface area contributed by atoms with Crippen molar-refractivity contribution in [1.82, 2.24) is 10.3 Å². The summed E-state index contributed by atoms with van der Waals surface area (Å²) in [7, 11) is 0. The number of anilines is 1. The lowest BCUT2D eigenvalue weighted by molar-refractivity contribution is -0.129. The molecule has 0 fully saturated rings. The Morgan fingerprint density at radius 1 is 1.07 bits per heavy atom. The molecule has 7 heteroatoms. The molecule has 0 spiro atoms. The van der Waals surface area contributed by atoms with Crippen LogP contribution < -0.4 is 10.6 Å². The molecule has 0 unspecified atom stereocenters. The van der Waals surface area contributed by atoms with Crippen LogP contribution in [0.25, 0.3) is 0 Å². The fourth-order valence-corrected chi connectivity index (χ4v) is 2.61. The Balaban J connectivity index is 2.03. The highest BCUT2D eigenvalue weighted by molar-refractivity contribution is 6.11. The number of hydrogen-bond acceptors (Lipinski definition) is 5. The normalized spacial score (nSPS) is 12.9. The quantitative estimate of drug-likeness (QED) is 0.734. The first-order valence-corrected chi connectivity index (χ1v) is 9.20. The smallest absolute Gasteiger partial charge is 0.251 e. The van der Waals surface area contributed by atoms with Gasteiger partial charge in [-0.3, -0.25) is 14.4 Å². The largest absolute Gasteiger partial charge is 0.342 e. The Labute approximate surface area is 170 Å². The summed E-state index contributed by atoms with van der Waals surface area (Å²) in [6.45, 7) is 7.66. The molecule has 1 heterocycles. The molecule has 29 heavy (non-hydrogen) atoms. The number of amides is 2. The van der Waals surface area contributed by atoms with Crippen molar-refractivity contribution in [3.05, 3.63) is 59.8 Å². The maximum atomic E-state index is 12.5. The molecular weight excluding hydrogens is 368 g/mol. The summed E-state index contributed by atoms with van der Waals surface area (Å²) in [5, 5.41) is 14.3. The second-order valence-electron chi connectivity index (χ2n) is 7.69. The monoisotopic (exact) mass is 392 g/mol. The molecule has 2 atom stereocenters. The summed E-state index contributed by atoms with van der Waals surface area (Å²) in [5.74, 6) is -3.25. The van der Waals surface area contributed by atoms with E-state index in [4.69, 9.17) is 0 Å². The van der Waals surface area contributed by atoms with Gasteiger partial charge < -0.3 is 10.6 Å². The Kier molecular flexibility index (Phi) is 6.84. The molecule has 2 N–H and O–H groups in total. The molecule has 2 aromatic rings. The summed E-state index contributed by atoms with van der Waals surface area (Å²) in [5.41, 5.74) is 1.43. The van der Waals surface area contributed by atoms with E-state index in [1.807, 2.05) is 12.1 Å². The predicted octanol–water partition coefficient (Wildman–Crippen LogP) is 2.84. The van der Waals surface area contributed by atoms with E-state index in [2.05, 4.69) is 36.4 Å². The number of nitrogens with one attached hydrogen (secondary N) is 2. The van der Waals surface area contributed by atoms with Crippen molar-refractivity contribution in [2.75, 3.05) is 5.32 Å². The number of rotatable bonds is 6. The number of Topliss-reactive ketones (excluding diaryl/α,β-unsaturated/α-hetero) is 1. The lowest BCUT2D eigenvalue weighted by Gasteiger charge is -2.19. The van der Waals surface area contributed by atoms with Crippen molar-refractivity contribution < 1.29 is 14.4 Å². The summed E-state index contributed by atoms with van der Waals surface area (Å²) >= 11 is 0. The van der Waals surface area contributed by atoms with E-state index in [0.29, 0.717) is 5.56 Å². The lowest BCUT2D eigenvalue weighted by Crippen LogP contribution is -2.44. The number of ketones is 1. The van der Waals surface area contributed by atoms with Gasteiger partial charge in [0, 0.05) is 11.8 Å². The van der Waals surface area contributed by atoms with Gasteiger partial charge in [-0.05, 0) is 42.2 Å². The molecule has 0 bridgehead atoms. The van der Waals surface area contributed by atoms with Crippen LogP contribution in [0.1, 0.15) is 43.6 Å². The molecule has 0 saturated heterocycles. The number of hydrogen-bond donors (Lipinski definition) is 2. The second kappa shape index (κ2) is 9.11. The van der Waals surface area contributed by atoms with E-state index in [9.17, 15) is 19.6 Å². The Bertz CT molecular complexity index is 925. The minimum atomic E-state index is -1.56. The summed E-state index contributed by atoms with van der Waals surface area (Å²) < 4.78 is 0. The van der Waals surface area contributed by atoms with E-state index < -0.39 is 29.6 Å². The van der Waals surface area contributed by atoms with E-state index >= 15 is 0 Å². The molecule has 0 aliphatic heterocycles. The fraction of sp³-hybridized carbons (Fsp3) is 0.318. The van der Waals surface area contributed by atoms with Gasteiger partial charge in [-0.15, -0.1) is 0 Å². The summed E-state index contributed by atoms with van der Waals surface area (Å²) in [4.78, 5) is 41.2. The highest BCUT2D eigenvalue weighted by Crippen LogP contribution is 2.22. The van der Waals surface area contributed by atoms with Gasteiger partial charge in [-0.25, -0.2) is 4.98 Å². The van der Waals surface area contributed by atoms with Crippen LogP contribution in [-0.4, -0.2) is 28.6 Å². The third kappa shape index (κ3) is 5.72. The first-order valence-electron chi connectivity index (χ1n) is 9.20. The van der Waals surface area contributed by atoms with Crippen molar-refractivity contribution in [2.45, 2.75) is 39.2 Å². The topological polar surface area (TPSA) is 112 Å². The van der Waals surface area contributed by atoms with Gasteiger partial charge in [-0.2, -0.15) is 5.26 Å². The third-order valence-electron chi connectivity index (χ3n) is 4.38. The van der Waals surface area contributed by atoms with Crippen LogP contribution in [0.3, 0.4) is 0 Å². The van der Waals surface area contributed by atoms with Gasteiger partial charge in [0.1, 0.15) is 5.82 Å². The minimum absolute atomic E-state index is 0.0424. The second-order valence-corrected chi connectivity index (χ2v) is 7.69. The van der Waals surface area contributed by atoms with Crippen molar-refractivity contribution in [3.8, 4) is 6.07 Å². The van der Waals surface area contributed by atoms with Crippen LogP contribution in [0.2, 0.25) is 0 Å². The SMILES string of the molecule is C[C@H](NC(=O)c1ccc(C(C)(C)C)cc1)C(=O)[C@H](C#N)C(=O)Nc1ccccn1. The zero-order valence-electron chi connectivity index (χ0n) is 16.9. The minimum Gasteiger partial charge on any atom is -0.342 e. The number of benzene rings is 1. The number of nitrogens with zero attached hydrogens (tertiary/aromatic N) is 2. The van der Waals surface area contributed by atoms with Gasteiger partial charge >= 0.3 is 0 Å². The van der Waals surface area contributed by atoms with E-state index in [-0.39, 0.29) is 11.2 Å². The highest BCUT2D eigenvalue weighted by atomic mass is 16.2. The summed E-state index contributed by atoms with van der Waals surface area (Å²) in [6.07, 6.45) is 1.48. The molecule has 150 valence electrons. The first-order chi connectivity index (χ1) is 13.6. The van der Waals surface area contributed by atoms with Crippen molar-refractivity contribution in [1.29, 1.82) is 5.26 Å². The molecule has 0 aliphatic carbocycles. The van der Waals surface area contributed by atoms with Crippen LogP contribution in [0.4, 0.5) is 5.82 Å². The van der Waals surface area contributed by atoms with Crippen LogP contribution in [-0.2, 0) is 15.0 Å². The van der Waals surface area contributed by atoms with Crippen LogP contribution in [0.15, 0.2) is 48.7 Å². The average Bonchev–Trinajstić information content (AvgIpc) is 2.68. The molecule has 2 rings (SSSR count). The fourth-order valence-electron chi connectivity index (χ4n) is 2.61. The Hall–Kier alpha value is -3.53. The van der Waals surface area contributed by atoms with E-state index in [1.165, 1.54) is 13.1 Å². The number of carbonyl (C=O) groups is 3. The van der Waals surface area contributed by atoms with Crippen LogP contribution >= 0.6 is 0 Å². The van der Waals surface area contributed by atoms with Gasteiger partial charge in [0.25, 0.3) is 11.8 Å². The molecule has 0 radical (unpaired) electrons. The number of aromatic nitrogens is 1. The molecule has 0 saturated carbocycles. The lowest BCUT2D eigenvalue weighted by atomic mass is 9.86. The van der Waals surface area contributed by atoms with Crippen molar-refractivity contribution in [3.63, 3.8) is 0 Å². The zero-order valence-corrected chi connectivity index (χ0v) is 16.9. The van der Waals surface area contributed by atoms with Crippen molar-refractivity contribution >= 4 is 23.4 Å². The molecular formula is C22H24N4O3. The van der Waals surface area contributed by atoms with Gasteiger partial charge in [0.05, 0.1) is 12.1 Å². The number of pyridine rings is 1. The Morgan fingerprint density at radius 2 is 1.72 bits per heavy atom. The zero-order chi connectivity index (χ0) is 21.6. The van der Waals surface area contributed by atoms with E-state index in [0.717, 1.165) is 5.56 Å². The van der Waals surface area contributed by atoms with Gasteiger partial charge in [0.2, 0.25) is 0 Å². The third-order valence-corrected chi connectivity index (χ3v) is 4.38. The van der Waals surface area contributed by atoms with E-state index in [1.54, 1.807) is 36.4 Å². The highest BCUT2D eigenvalue weighted by Gasteiger charge is 2.31. The summed E-state index contributed by atoms with van der Waals surface area (Å²) in [6, 6.07) is 12.7. The van der Waals surface area contributed by atoms with Gasteiger partial charge in [0.15, 0.2) is 11.7 Å². The average molecular weight is 392 g/mol. The first kappa shape index (κ1) is 21.8. The predicted molar refractivity (Wildman–Crippen MR) is 109 cm³/mol. The van der Waals surface area contributed by atoms with Crippen LogP contribution in [0, 0.1) is 17.2 Å². The Morgan fingerprint density at radius 3 is 2.24 bits per heavy atom. The molecule has 1 aromatic heterocycles. The van der Waals surface area contributed by atoms with Crippen LogP contribution in [0.5, 0.6) is 0 Å². The molecule has 0 aliphatic rings. The molecule has 1 aromatic carbocycles. The standard InChI is InChI=1S/C22H24N4O3/c1-14(25-20(28)15-8-10-16(11-9-15)22(2,3)4)19(27)17(13-23)21(29)26-18-7-5-6-12-24-18/h5-12,14,17H,1-4H3,(H,25,28)(H,24,26,29)/t14-,17-/m0/s1. The number of carbonyl (C=O) groups excluding carboxylic acids is 3. The maximum Gasteiger partial charge on any atom is 0.251 e. The number of nitriles is 1. The van der Waals surface area contributed by atoms with Gasteiger partial charge in [-0.1, -0.05) is 39.0 Å².